The van der Waals surface area contributed by atoms with E-state index >= 15 is 0 Å². The third kappa shape index (κ3) is 4.99. The van der Waals surface area contributed by atoms with Crippen molar-refractivity contribution >= 4 is 55.6 Å². The minimum Gasteiger partial charge on any atom is -0.493 e. The molecule has 2 aromatic heterocycles. The highest BCUT2D eigenvalue weighted by molar-refractivity contribution is 9.10. The number of hydrogen-bond donors (Lipinski definition) is 0. The van der Waals surface area contributed by atoms with Gasteiger partial charge in [0.25, 0.3) is 5.56 Å². The van der Waals surface area contributed by atoms with E-state index in [1.807, 2.05) is 19.1 Å². The average molecular weight is 581 g/mol. The Labute approximate surface area is 226 Å². The third-order valence-corrected chi connectivity index (χ3v) is 6.74. The zero-order chi connectivity index (χ0) is 26.1. The molecule has 37 heavy (non-hydrogen) atoms. The molecule has 0 saturated heterocycles. The summed E-state index contributed by atoms with van der Waals surface area (Å²) in [4.78, 5) is 18.2. The van der Waals surface area contributed by atoms with Gasteiger partial charge in [-0.1, -0.05) is 30.7 Å². The first kappa shape index (κ1) is 25.0. The lowest BCUT2D eigenvalue weighted by Crippen LogP contribution is -2.20. The van der Waals surface area contributed by atoms with Gasteiger partial charge in [-0.25, -0.2) is 4.98 Å². The Morgan fingerprint density at radius 1 is 1.19 bits per heavy atom. The second kappa shape index (κ2) is 10.4. The highest BCUT2D eigenvalue weighted by atomic mass is 79.9. The zero-order valence-corrected chi connectivity index (χ0v) is 22.7. The highest BCUT2D eigenvalue weighted by Crippen LogP contribution is 2.37. The summed E-state index contributed by atoms with van der Waals surface area (Å²) in [5.74, 6) is 1.83. The summed E-state index contributed by atoms with van der Waals surface area (Å²) in [5, 5.41) is 6.35. The van der Waals surface area contributed by atoms with Gasteiger partial charge in [0, 0.05) is 10.4 Å². The predicted octanol–water partition coefficient (Wildman–Crippen LogP) is 7.29. The van der Waals surface area contributed by atoms with Crippen molar-refractivity contribution in [3.63, 3.8) is 0 Å². The fourth-order valence-electron chi connectivity index (χ4n) is 3.85. The van der Waals surface area contributed by atoms with E-state index in [-0.39, 0.29) is 17.5 Å². The van der Waals surface area contributed by atoms with Crippen LogP contribution < -0.4 is 15.0 Å². The van der Waals surface area contributed by atoms with Crippen molar-refractivity contribution < 1.29 is 13.9 Å². The van der Waals surface area contributed by atoms with Gasteiger partial charge in [-0.3, -0.25) is 4.79 Å². The molecule has 0 bridgehead atoms. The molecule has 0 N–H and O–H groups in total. The van der Waals surface area contributed by atoms with Gasteiger partial charge in [0.15, 0.2) is 17.3 Å². The van der Waals surface area contributed by atoms with Crippen molar-refractivity contribution in [2.24, 2.45) is 5.10 Å². The number of nitrogens with zero attached hydrogens (tertiary/aromatic N) is 3. The lowest BCUT2D eigenvalue weighted by molar-refractivity contribution is 0.206. The quantitative estimate of drug-likeness (QED) is 0.189. The first-order chi connectivity index (χ1) is 17.9. The van der Waals surface area contributed by atoms with Gasteiger partial charge in [0.1, 0.15) is 5.58 Å². The van der Waals surface area contributed by atoms with Gasteiger partial charge >= 0.3 is 0 Å². The fourth-order valence-corrected chi connectivity index (χ4v) is 4.59. The maximum atomic E-state index is 13.5. The number of rotatable bonds is 7. The summed E-state index contributed by atoms with van der Waals surface area (Å²) in [6.07, 6.45) is 2.45. The molecule has 0 amide bonds. The first-order valence-corrected chi connectivity index (χ1v) is 12.8. The topological polar surface area (TPSA) is 78.9 Å². The standard InChI is InChI=1S/C28H23BrClN3O4/c1-4-16(2)36-26-21(29)11-17(12-24(26)35-3)15-31-33-27(32-22-8-6-5-7-20(22)28(33)34)25-14-18-13-19(30)9-10-23(18)37-25/h5-16H,4H2,1-3H3/t16-/m0/s1. The molecule has 0 unspecified atom stereocenters. The van der Waals surface area contributed by atoms with Crippen LogP contribution in [0.1, 0.15) is 25.8 Å². The SMILES string of the molecule is CC[C@H](C)Oc1c(Br)cc(C=Nn2c(-c3cc4cc(Cl)ccc4o3)nc3ccccc3c2=O)cc1OC. The van der Waals surface area contributed by atoms with Crippen LogP contribution in [0.25, 0.3) is 33.5 Å². The lowest BCUT2D eigenvalue weighted by atomic mass is 10.2. The molecule has 0 spiro atoms. The number of para-hydroxylation sites is 1. The van der Waals surface area contributed by atoms with E-state index in [1.165, 1.54) is 4.68 Å². The van der Waals surface area contributed by atoms with Gasteiger partial charge < -0.3 is 13.9 Å². The number of fused-ring (bicyclic) bond motifs is 2. The molecule has 5 rings (SSSR count). The predicted molar refractivity (Wildman–Crippen MR) is 150 cm³/mol. The van der Waals surface area contributed by atoms with E-state index in [1.54, 1.807) is 61.9 Å². The van der Waals surface area contributed by atoms with Crippen molar-refractivity contribution in [1.82, 2.24) is 9.66 Å². The summed E-state index contributed by atoms with van der Waals surface area (Å²) in [5.41, 5.74) is 1.55. The van der Waals surface area contributed by atoms with Crippen LogP contribution in [0, 0.1) is 0 Å². The lowest BCUT2D eigenvalue weighted by Gasteiger charge is -2.17. The summed E-state index contributed by atoms with van der Waals surface area (Å²) in [7, 11) is 1.58. The van der Waals surface area contributed by atoms with E-state index in [0.717, 1.165) is 11.8 Å². The Kier molecular flexibility index (Phi) is 7.04. The average Bonchev–Trinajstić information content (AvgIpc) is 3.32. The number of ether oxygens (including phenoxy) is 2. The molecule has 0 saturated carbocycles. The van der Waals surface area contributed by atoms with Crippen LogP contribution in [-0.2, 0) is 0 Å². The van der Waals surface area contributed by atoms with E-state index in [4.69, 9.17) is 30.5 Å². The van der Waals surface area contributed by atoms with E-state index in [0.29, 0.717) is 48.8 Å². The monoisotopic (exact) mass is 579 g/mol. The summed E-state index contributed by atoms with van der Waals surface area (Å²) < 4.78 is 19.6. The molecule has 0 aliphatic heterocycles. The molecule has 9 heteroatoms. The van der Waals surface area contributed by atoms with Crippen molar-refractivity contribution in [3.05, 3.63) is 86.1 Å². The van der Waals surface area contributed by atoms with Gasteiger partial charge in [0.2, 0.25) is 5.82 Å². The van der Waals surface area contributed by atoms with Crippen molar-refractivity contribution in [1.29, 1.82) is 0 Å². The highest BCUT2D eigenvalue weighted by Gasteiger charge is 2.17. The van der Waals surface area contributed by atoms with Crippen LogP contribution in [-0.4, -0.2) is 29.1 Å². The zero-order valence-electron chi connectivity index (χ0n) is 20.4. The number of benzene rings is 3. The molecule has 1 atom stereocenters. The van der Waals surface area contributed by atoms with Gasteiger partial charge in [-0.2, -0.15) is 9.78 Å². The summed E-state index contributed by atoms with van der Waals surface area (Å²) >= 11 is 9.72. The smallest absolute Gasteiger partial charge is 0.282 e. The third-order valence-electron chi connectivity index (χ3n) is 5.92. The fraction of sp³-hybridized carbons (Fsp3) is 0.179. The molecular formula is C28H23BrClN3O4. The molecule has 2 heterocycles. The van der Waals surface area contributed by atoms with Crippen LogP contribution in [0.5, 0.6) is 11.5 Å². The Morgan fingerprint density at radius 3 is 2.78 bits per heavy atom. The Balaban J connectivity index is 1.64. The van der Waals surface area contributed by atoms with Gasteiger partial charge in [0.05, 0.1) is 34.8 Å². The minimum atomic E-state index is -0.321. The molecule has 188 valence electrons. The van der Waals surface area contributed by atoms with E-state index in [2.05, 4.69) is 28.0 Å². The maximum absolute atomic E-state index is 13.5. The number of furan rings is 1. The summed E-state index contributed by atoms with van der Waals surface area (Å²) in [6.45, 7) is 4.05. The van der Waals surface area contributed by atoms with Crippen molar-refractivity contribution in [2.45, 2.75) is 26.4 Å². The minimum absolute atomic E-state index is 0.0215. The Hall–Kier alpha value is -3.62. The van der Waals surface area contributed by atoms with Crippen molar-refractivity contribution in [3.8, 4) is 23.1 Å². The van der Waals surface area contributed by atoms with E-state index in [9.17, 15) is 4.79 Å². The Bertz CT molecular complexity index is 1710. The molecule has 0 aliphatic carbocycles. The first-order valence-electron chi connectivity index (χ1n) is 11.7. The molecular weight excluding hydrogens is 558 g/mol. The number of hydrogen-bond acceptors (Lipinski definition) is 6. The molecule has 7 nitrogen and oxygen atoms in total. The maximum Gasteiger partial charge on any atom is 0.282 e. The van der Waals surface area contributed by atoms with Crippen LogP contribution in [0.3, 0.4) is 0 Å². The second-order valence-corrected chi connectivity index (χ2v) is 9.77. The number of methoxy groups -OCH3 is 1. The number of aromatic nitrogens is 2. The Morgan fingerprint density at radius 2 is 2.00 bits per heavy atom. The van der Waals surface area contributed by atoms with Crippen LogP contribution in [0.15, 0.2) is 79.4 Å². The van der Waals surface area contributed by atoms with Crippen LogP contribution in [0.4, 0.5) is 0 Å². The molecule has 0 radical (unpaired) electrons. The molecule has 5 aromatic rings. The molecule has 3 aromatic carbocycles. The largest absolute Gasteiger partial charge is 0.493 e. The van der Waals surface area contributed by atoms with Crippen molar-refractivity contribution in [2.75, 3.05) is 7.11 Å². The van der Waals surface area contributed by atoms with Gasteiger partial charge in [-0.05, 0) is 83.4 Å². The second-order valence-electron chi connectivity index (χ2n) is 8.48. The van der Waals surface area contributed by atoms with E-state index < -0.39 is 0 Å². The van der Waals surface area contributed by atoms with Crippen LogP contribution >= 0.6 is 27.5 Å². The number of halogens is 2. The normalized spacial score (nSPS) is 12.5. The molecule has 0 aliphatic rings. The molecule has 0 fully saturated rings. The van der Waals surface area contributed by atoms with Crippen LogP contribution in [0.2, 0.25) is 5.02 Å². The summed E-state index contributed by atoms with van der Waals surface area (Å²) in [6, 6.07) is 17.9. The van der Waals surface area contributed by atoms with Gasteiger partial charge in [-0.15, -0.1) is 0 Å².